The number of hydrogen-bond donors (Lipinski definition) is 1. The van der Waals surface area contributed by atoms with E-state index >= 15 is 0 Å². The first-order valence-electron chi connectivity index (χ1n) is 6.62. The molecule has 1 unspecified atom stereocenters. The Kier molecular flexibility index (Phi) is 3.64. The molecule has 5 nitrogen and oxygen atoms in total. The summed E-state index contributed by atoms with van der Waals surface area (Å²) in [6, 6.07) is 1.62. The zero-order valence-electron chi connectivity index (χ0n) is 11.3. The molecule has 1 aromatic rings. The summed E-state index contributed by atoms with van der Waals surface area (Å²) >= 11 is 0. The van der Waals surface area contributed by atoms with Crippen molar-refractivity contribution < 1.29 is 19.1 Å². The fourth-order valence-electron chi connectivity index (χ4n) is 2.62. The second-order valence-electron chi connectivity index (χ2n) is 5.10. The molecular formula is C14H19NO4. The maximum Gasteiger partial charge on any atom is 0.329 e. The molecule has 0 bridgehead atoms. The van der Waals surface area contributed by atoms with Crippen LogP contribution in [0, 0.1) is 0 Å². The van der Waals surface area contributed by atoms with Gasteiger partial charge >= 0.3 is 5.97 Å². The van der Waals surface area contributed by atoms with Crippen molar-refractivity contribution in [1.29, 1.82) is 0 Å². The summed E-state index contributed by atoms with van der Waals surface area (Å²) in [6.45, 7) is 4.01. The van der Waals surface area contributed by atoms with E-state index in [9.17, 15) is 14.7 Å². The number of amides is 1. The van der Waals surface area contributed by atoms with Gasteiger partial charge in [-0.05, 0) is 32.3 Å². The number of likely N-dealkylation sites (tertiary alicyclic amines) is 1. The third kappa shape index (κ3) is 2.25. The molecule has 0 radical (unpaired) electrons. The summed E-state index contributed by atoms with van der Waals surface area (Å²) in [7, 11) is 0. The molecule has 0 saturated carbocycles. The number of piperidine rings is 1. The van der Waals surface area contributed by atoms with Gasteiger partial charge in [-0.25, -0.2) is 4.79 Å². The fraction of sp³-hybridized carbons (Fsp3) is 0.571. The molecule has 1 aromatic heterocycles. The maximum absolute atomic E-state index is 12.6. The molecule has 0 spiro atoms. The Balaban J connectivity index is 2.33. The minimum absolute atomic E-state index is 0.241. The number of rotatable bonds is 3. The monoisotopic (exact) mass is 265 g/mol. The number of aliphatic carboxylic acids is 1. The summed E-state index contributed by atoms with van der Waals surface area (Å²) in [4.78, 5) is 25.5. The summed E-state index contributed by atoms with van der Waals surface area (Å²) in [6.07, 6.45) is 4.26. The van der Waals surface area contributed by atoms with Gasteiger partial charge < -0.3 is 14.4 Å². The molecule has 1 atom stereocenters. The van der Waals surface area contributed by atoms with Crippen molar-refractivity contribution in [3.8, 4) is 0 Å². The Hall–Kier alpha value is -1.78. The predicted molar refractivity (Wildman–Crippen MR) is 69.0 cm³/mol. The van der Waals surface area contributed by atoms with Crippen molar-refractivity contribution in [3.05, 3.63) is 23.7 Å². The lowest BCUT2D eigenvalue weighted by atomic mass is 9.88. The van der Waals surface area contributed by atoms with Gasteiger partial charge in [0.25, 0.3) is 5.91 Å². The molecule has 1 N–H and O–H groups in total. The van der Waals surface area contributed by atoms with E-state index in [0.29, 0.717) is 30.7 Å². The average Bonchev–Trinajstić information content (AvgIpc) is 2.86. The maximum atomic E-state index is 12.6. The van der Waals surface area contributed by atoms with Gasteiger partial charge in [0.2, 0.25) is 0 Å². The van der Waals surface area contributed by atoms with Crippen molar-refractivity contribution in [2.45, 2.75) is 45.1 Å². The number of carboxylic acids is 1. The SMILES string of the molecule is CCc1occc1C(=O)N1CCCCC1(C)C(=O)O. The van der Waals surface area contributed by atoms with E-state index in [1.54, 1.807) is 13.0 Å². The minimum Gasteiger partial charge on any atom is -0.480 e. The van der Waals surface area contributed by atoms with Gasteiger partial charge in [-0.3, -0.25) is 4.79 Å². The number of nitrogens with zero attached hydrogens (tertiary/aromatic N) is 1. The first-order chi connectivity index (χ1) is 9.00. The topological polar surface area (TPSA) is 70.8 Å². The molecule has 0 aromatic carbocycles. The van der Waals surface area contributed by atoms with Gasteiger partial charge in [-0.1, -0.05) is 6.92 Å². The van der Waals surface area contributed by atoms with E-state index in [1.165, 1.54) is 11.2 Å². The summed E-state index contributed by atoms with van der Waals surface area (Å²) in [5.74, 6) is -0.569. The quantitative estimate of drug-likeness (QED) is 0.910. The van der Waals surface area contributed by atoms with Gasteiger partial charge in [-0.15, -0.1) is 0 Å². The summed E-state index contributed by atoms with van der Waals surface area (Å²) in [5.41, 5.74) is -0.630. The third-order valence-electron chi connectivity index (χ3n) is 3.89. The lowest BCUT2D eigenvalue weighted by Crippen LogP contribution is -2.57. The first kappa shape index (κ1) is 13.6. The minimum atomic E-state index is -1.11. The van der Waals surface area contributed by atoms with Crippen LogP contribution in [0.15, 0.2) is 16.7 Å². The van der Waals surface area contributed by atoms with Crippen molar-refractivity contribution in [1.82, 2.24) is 4.90 Å². The van der Waals surface area contributed by atoms with Crippen LogP contribution in [-0.4, -0.2) is 34.0 Å². The van der Waals surface area contributed by atoms with Crippen LogP contribution in [0.5, 0.6) is 0 Å². The van der Waals surface area contributed by atoms with E-state index in [2.05, 4.69) is 0 Å². The van der Waals surface area contributed by atoms with Crippen molar-refractivity contribution >= 4 is 11.9 Å². The molecular weight excluding hydrogens is 246 g/mol. The number of carboxylic acid groups (broad SMARTS) is 1. The van der Waals surface area contributed by atoms with Crippen LogP contribution in [0.1, 0.15) is 49.2 Å². The third-order valence-corrected chi connectivity index (χ3v) is 3.89. The van der Waals surface area contributed by atoms with Gasteiger partial charge in [-0.2, -0.15) is 0 Å². The van der Waals surface area contributed by atoms with E-state index in [4.69, 9.17) is 4.42 Å². The number of furan rings is 1. The van der Waals surface area contributed by atoms with Gasteiger partial charge in [0.05, 0.1) is 11.8 Å². The molecule has 2 rings (SSSR count). The number of aryl methyl sites for hydroxylation is 1. The highest BCUT2D eigenvalue weighted by Gasteiger charge is 2.44. The van der Waals surface area contributed by atoms with Crippen molar-refractivity contribution in [2.24, 2.45) is 0 Å². The molecule has 1 fully saturated rings. The highest BCUT2D eigenvalue weighted by molar-refractivity contribution is 5.98. The number of hydrogen-bond acceptors (Lipinski definition) is 3. The molecule has 19 heavy (non-hydrogen) atoms. The van der Waals surface area contributed by atoms with Crippen LogP contribution >= 0.6 is 0 Å². The molecule has 1 saturated heterocycles. The molecule has 0 aliphatic carbocycles. The van der Waals surface area contributed by atoms with Crippen LogP contribution in [0.25, 0.3) is 0 Å². The normalized spacial score (nSPS) is 23.4. The lowest BCUT2D eigenvalue weighted by molar-refractivity contribution is -0.150. The summed E-state index contributed by atoms with van der Waals surface area (Å²) < 4.78 is 5.26. The first-order valence-corrected chi connectivity index (χ1v) is 6.62. The van der Waals surface area contributed by atoms with Crippen LogP contribution < -0.4 is 0 Å². The average molecular weight is 265 g/mol. The molecule has 104 valence electrons. The zero-order valence-corrected chi connectivity index (χ0v) is 11.3. The largest absolute Gasteiger partial charge is 0.480 e. The highest BCUT2D eigenvalue weighted by Crippen LogP contribution is 2.30. The Bertz CT molecular complexity index is 493. The Morgan fingerprint density at radius 1 is 1.47 bits per heavy atom. The summed E-state index contributed by atoms with van der Waals surface area (Å²) in [5, 5.41) is 9.42. The van der Waals surface area contributed by atoms with Crippen LogP contribution in [0.4, 0.5) is 0 Å². The second kappa shape index (κ2) is 5.07. The lowest BCUT2D eigenvalue weighted by Gasteiger charge is -2.41. The van der Waals surface area contributed by atoms with Crippen LogP contribution in [0.2, 0.25) is 0 Å². The van der Waals surface area contributed by atoms with E-state index in [-0.39, 0.29) is 5.91 Å². The van der Waals surface area contributed by atoms with Crippen molar-refractivity contribution in [2.75, 3.05) is 6.54 Å². The standard InChI is InChI=1S/C14H19NO4/c1-3-11-10(6-9-19-11)12(16)15-8-5-4-7-14(15,2)13(17)18/h6,9H,3-5,7-8H2,1-2H3,(H,17,18). The molecule has 1 aliphatic heterocycles. The Labute approximate surface area is 112 Å². The second-order valence-corrected chi connectivity index (χ2v) is 5.10. The molecule has 5 heteroatoms. The predicted octanol–water partition coefficient (Wildman–Crippen LogP) is 2.31. The van der Waals surface area contributed by atoms with E-state index in [1.807, 2.05) is 6.92 Å². The Morgan fingerprint density at radius 2 is 2.21 bits per heavy atom. The Morgan fingerprint density at radius 3 is 2.84 bits per heavy atom. The zero-order chi connectivity index (χ0) is 14.0. The van der Waals surface area contributed by atoms with Crippen LogP contribution in [-0.2, 0) is 11.2 Å². The number of carbonyl (C=O) groups is 2. The van der Waals surface area contributed by atoms with E-state index < -0.39 is 11.5 Å². The van der Waals surface area contributed by atoms with Crippen molar-refractivity contribution in [3.63, 3.8) is 0 Å². The molecule has 1 aliphatic rings. The number of carbonyl (C=O) groups excluding carboxylic acids is 1. The molecule has 1 amide bonds. The fourth-order valence-corrected chi connectivity index (χ4v) is 2.62. The van der Waals surface area contributed by atoms with Crippen LogP contribution in [0.3, 0.4) is 0 Å². The van der Waals surface area contributed by atoms with Gasteiger partial charge in [0, 0.05) is 13.0 Å². The highest BCUT2D eigenvalue weighted by atomic mass is 16.4. The van der Waals surface area contributed by atoms with Gasteiger partial charge in [0.15, 0.2) is 0 Å². The smallest absolute Gasteiger partial charge is 0.329 e. The van der Waals surface area contributed by atoms with E-state index in [0.717, 1.165) is 12.8 Å². The van der Waals surface area contributed by atoms with Gasteiger partial charge in [0.1, 0.15) is 11.3 Å². The molecule has 2 heterocycles.